The molecule has 0 unspecified atom stereocenters. The number of fused-ring (bicyclic) bond motifs is 1. The predicted molar refractivity (Wildman–Crippen MR) is 127 cm³/mol. The van der Waals surface area contributed by atoms with Crippen LogP contribution < -0.4 is 16.0 Å². The van der Waals surface area contributed by atoms with Crippen molar-refractivity contribution in [3.05, 3.63) is 57.0 Å². The van der Waals surface area contributed by atoms with E-state index in [-0.39, 0.29) is 29.3 Å². The second-order valence-corrected chi connectivity index (χ2v) is 7.64. The molecular formula is C25H30N4O4. The zero-order valence-electron chi connectivity index (χ0n) is 19.6. The molecule has 0 aliphatic heterocycles. The van der Waals surface area contributed by atoms with Gasteiger partial charge in [0.1, 0.15) is 5.75 Å². The number of carbonyl (C=O) groups is 1. The quantitative estimate of drug-likeness (QED) is 0.370. The Kier molecular flexibility index (Phi) is 7.88. The van der Waals surface area contributed by atoms with Crippen molar-refractivity contribution in [1.82, 2.24) is 19.1 Å². The van der Waals surface area contributed by atoms with Crippen LogP contribution in [-0.4, -0.2) is 25.1 Å². The third-order valence-electron chi connectivity index (χ3n) is 4.97. The number of nitrogens with zero attached hydrogens (tertiary/aromatic N) is 3. The Bertz CT molecular complexity index is 1280. The van der Waals surface area contributed by atoms with Crippen LogP contribution in [0.2, 0.25) is 0 Å². The lowest BCUT2D eigenvalue weighted by atomic mass is 10.3. The maximum atomic E-state index is 12.6. The van der Waals surface area contributed by atoms with E-state index in [2.05, 4.69) is 21.8 Å². The number of hydrogen-bond donors (Lipinski definition) is 1. The van der Waals surface area contributed by atoms with Crippen molar-refractivity contribution in [2.24, 2.45) is 0 Å². The number of hydrogen-bond acceptors (Lipinski definition) is 5. The van der Waals surface area contributed by atoms with E-state index in [4.69, 9.17) is 4.74 Å². The summed E-state index contributed by atoms with van der Waals surface area (Å²) in [5, 5.41) is 0. The summed E-state index contributed by atoms with van der Waals surface area (Å²) < 4.78 is 7.86. The van der Waals surface area contributed by atoms with Gasteiger partial charge in [-0.1, -0.05) is 44.9 Å². The number of aromatic amines is 1. The number of para-hydroxylation sites is 1. The van der Waals surface area contributed by atoms with Gasteiger partial charge in [-0.3, -0.25) is 18.7 Å². The van der Waals surface area contributed by atoms with Gasteiger partial charge >= 0.3 is 11.7 Å². The Hall–Kier alpha value is -3.60. The number of ether oxygens (including phenoxy) is 1. The maximum Gasteiger partial charge on any atom is 0.333 e. The standard InChI is InChI=1S/C15H16N4O2.C8H8O2.C2H6/c1-2-3-4-11-16-12-13(17-11)18(9-5-6-9)15(21)19(14(12)20)10-7-8-10;1-7(9)10-8-5-3-2-4-6-8;1-2/h9-10H,2,5-8H2,1H3,(H,16,17);2-6H,1H3;1-2H3. The average molecular weight is 451 g/mol. The third-order valence-corrected chi connectivity index (χ3v) is 4.97. The Labute approximate surface area is 192 Å². The maximum absolute atomic E-state index is 12.6. The minimum absolute atomic E-state index is 0.0628. The van der Waals surface area contributed by atoms with E-state index in [1.807, 2.05) is 39.0 Å². The van der Waals surface area contributed by atoms with Gasteiger partial charge in [0.15, 0.2) is 17.0 Å². The highest BCUT2D eigenvalue weighted by Crippen LogP contribution is 2.36. The van der Waals surface area contributed by atoms with Crippen molar-refractivity contribution in [2.75, 3.05) is 0 Å². The highest BCUT2D eigenvalue weighted by Gasteiger charge is 2.34. The number of benzene rings is 1. The Morgan fingerprint density at radius 2 is 1.70 bits per heavy atom. The van der Waals surface area contributed by atoms with E-state index in [0.717, 1.165) is 32.1 Å². The Morgan fingerprint density at radius 1 is 1.09 bits per heavy atom. The lowest BCUT2D eigenvalue weighted by Gasteiger charge is -2.09. The highest BCUT2D eigenvalue weighted by molar-refractivity contribution is 5.71. The molecule has 8 nitrogen and oxygen atoms in total. The number of carbonyl (C=O) groups excluding carboxylic acids is 1. The molecule has 0 bridgehead atoms. The fourth-order valence-corrected chi connectivity index (χ4v) is 3.30. The van der Waals surface area contributed by atoms with Gasteiger partial charge in [-0.15, -0.1) is 0 Å². The second kappa shape index (κ2) is 10.8. The molecule has 0 atom stereocenters. The van der Waals surface area contributed by atoms with Crippen molar-refractivity contribution >= 4 is 17.1 Å². The van der Waals surface area contributed by atoms with E-state index in [9.17, 15) is 14.4 Å². The average Bonchev–Trinajstić information content (AvgIpc) is 3.74. The third kappa shape index (κ3) is 5.80. The van der Waals surface area contributed by atoms with Gasteiger partial charge < -0.3 is 9.72 Å². The zero-order valence-corrected chi connectivity index (χ0v) is 19.6. The lowest BCUT2D eigenvalue weighted by Crippen LogP contribution is -2.39. The van der Waals surface area contributed by atoms with Crippen LogP contribution in [0.4, 0.5) is 0 Å². The lowest BCUT2D eigenvalue weighted by molar-refractivity contribution is -0.131. The van der Waals surface area contributed by atoms with Crippen molar-refractivity contribution in [1.29, 1.82) is 0 Å². The topological polar surface area (TPSA) is 99.0 Å². The minimum atomic E-state index is -0.286. The van der Waals surface area contributed by atoms with Crippen LogP contribution in [0.5, 0.6) is 5.75 Å². The molecule has 3 aromatic rings. The summed E-state index contributed by atoms with van der Waals surface area (Å²) in [6.07, 6.45) is 4.48. The van der Waals surface area contributed by atoms with Gasteiger partial charge in [0.05, 0.1) is 0 Å². The summed E-state index contributed by atoms with van der Waals surface area (Å²) in [6, 6.07) is 9.22. The van der Waals surface area contributed by atoms with Crippen molar-refractivity contribution in [3.8, 4) is 17.6 Å². The zero-order chi connectivity index (χ0) is 24.0. The smallest absolute Gasteiger partial charge is 0.333 e. The van der Waals surface area contributed by atoms with Gasteiger partial charge in [0.2, 0.25) is 0 Å². The molecule has 0 radical (unpaired) electrons. The van der Waals surface area contributed by atoms with Gasteiger partial charge in [0, 0.05) is 25.4 Å². The summed E-state index contributed by atoms with van der Waals surface area (Å²) in [5.41, 5.74) is 0.407. The molecule has 0 saturated heterocycles. The number of imidazole rings is 1. The van der Waals surface area contributed by atoms with Crippen LogP contribution >= 0.6 is 0 Å². The number of H-pyrrole nitrogens is 1. The molecule has 5 rings (SSSR count). The van der Waals surface area contributed by atoms with Crippen LogP contribution in [0.25, 0.3) is 11.2 Å². The molecule has 2 saturated carbocycles. The van der Waals surface area contributed by atoms with Crippen LogP contribution in [0.3, 0.4) is 0 Å². The van der Waals surface area contributed by atoms with E-state index < -0.39 is 0 Å². The second-order valence-electron chi connectivity index (χ2n) is 7.64. The van der Waals surface area contributed by atoms with Gasteiger partial charge in [-0.05, 0) is 43.7 Å². The molecule has 1 N–H and O–H groups in total. The van der Waals surface area contributed by atoms with Crippen molar-refractivity contribution in [2.45, 2.75) is 71.9 Å². The molecule has 2 aromatic heterocycles. The van der Waals surface area contributed by atoms with Crippen LogP contribution in [0.1, 0.15) is 77.7 Å². The molecule has 2 heterocycles. The van der Waals surface area contributed by atoms with Gasteiger partial charge in [0.25, 0.3) is 5.56 Å². The first kappa shape index (κ1) is 24.1. The molecule has 2 aliphatic rings. The highest BCUT2D eigenvalue weighted by atomic mass is 16.5. The van der Waals surface area contributed by atoms with Gasteiger partial charge in [-0.25, -0.2) is 9.78 Å². The SMILES string of the molecule is CC.CC(=O)Oc1ccccc1.CCC#Cc1nc2c([nH]1)c(=O)n(C1CC1)c(=O)n2C1CC1. The summed E-state index contributed by atoms with van der Waals surface area (Å²) in [4.78, 5) is 42.9. The van der Waals surface area contributed by atoms with Crippen LogP contribution in [-0.2, 0) is 4.79 Å². The molecule has 0 spiro atoms. The Morgan fingerprint density at radius 3 is 2.24 bits per heavy atom. The van der Waals surface area contributed by atoms with E-state index in [0.29, 0.717) is 22.7 Å². The molecular weight excluding hydrogens is 420 g/mol. The molecule has 0 amide bonds. The monoisotopic (exact) mass is 450 g/mol. The fourth-order valence-electron chi connectivity index (χ4n) is 3.30. The summed E-state index contributed by atoms with van der Waals surface area (Å²) >= 11 is 0. The number of esters is 1. The number of nitrogens with one attached hydrogen (secondary N) is 1. The first-order valence-corrected chi connectivity index (χ1v) is 11.5. The molecule has 8 heteroatoms. The number of rotatable bonds is 3. The first-order chi connectivity index (χ1) is 16.0. The van der Waals surface area contributed by atoms with E-state index >= 15 is 0 Å². The largest absolute Gasteiger partial charge is 0.427 e. The van der Waals surface area contributed by atoms with Crippen molar-refractivity contribution < 1.29 is 9.53 Å². The molecule has 174 valence electrons. The Balaban J connectivity index is 0.000000216. The van der Waals surface area contributed by atoms with Gasteiger partial charge in [-0.2, -0.15) is 0 Å². The van der Waals surface area contributed by atoms with Crippen LogP contribution in [0.15, 0.2) is 39.9 Å². The molecule has 33 heavy (non-hydrogen) atoms. The molecule has 2 fully saturated rings. The summed E-state index contributed by atoms with van der Waals surface area (Å²) in [7, 11) is 0. The fraction of sp³-hybridized carbons (Fsp3) is 0.440. The van der Waals surface area contributed by atoms with E-state index in [1.54, 1.807) is 16.7 Å². The molecule has 2 aliphatic carbocycles. The van der Waals surface area contributed by atoms with E-state index in [1.165, 1.54) is 11.5 Å². The molecule has 1 aromatic carbocycles. The normalized spacial score (nSPS) is 14.2. The predicted octanol–water partition coefficient (Wildman–Crippen LogP) is 3.96. The summed E-state index contributed by atoms with van der Waals surface area (Å²) in [5.74, 6) is 6.61. The van der Waals surface area contributed by atoms with Crippen LogP contribution in [0, 0.1) is 11.8 Å². The van der Waals surface area contributed by atoms with Crippen molar-refractivity contribution in [3.63, 3.8) is 0 Å². The number of aromatic nitrogens is 4. The first-order valence-electron chi connectivity index (χ1n) is 11.5. The summed E-state index contributed by atoms with van der Waals surface area (Å²) in [6.45, 7) is 7.34. The minimum Gasteiger partial charge on any atom is -0.427 e.